The Balaban J connectivity index is 1.91. The number of hydrogen-bond donors (Lipinski definition) is 1. The summed E-state index contributed by atoms with van der Waals surface area (Å²) in [6.45, 7) is 6.27. The highest BCUT2D eigenvalue weighted by molar-refractivity contribution is 7.92. The molecule has 0 radical (unpaired) electrons. The molecule has 0 aliphatic carbocycles. The molecule has 3 rings (SSSR count). The third-order valence-corrected chi connectivity index (χ3v) is 7.42. The minimum atomic E-state index is -4.13. The van der Waals surface area contributed by atoms with Gasteiger partial charge in [-0.15, -0.1) is 0 Å². The van der Waals surface area contributed by atoms with Crippen LogP contribution in [0.25, 0.3) is 0 Å². The van der Waals surface area contributed by atoms with E-state index in [2.05, 4.69) is 5.32 Å². The fourth-order valence-electron chi connectivity index (χ4n) is 3.72. The number of hydrogen-bond acceptors (Lipinski definition) is 7. The molecule has 0 aromatic heterocycles. The molecule has 1 amide bonds. The molecule has 0 atom stereocenters. The van der Waals surface area contributed by atoms with Crippen molar-refractivity contribution in [3.63, 3.8) is 0 Å². The average molecular weight is 543 g/mol. The lowest BCUT2D eigenvalue weighted by atomic mass is 10.2. The second-order valence-corrected chi connectivity index (χ2v) is 10.1. The molecule has 0 spiro atoms. The fourth-order valence-corrected chi connectivity index (χ4v) is 5.14. The normalized spacial score (nSPS) is 11.0. The molecular formula is C28H34N2O7S. The van der Waals surface area contributed by atoms with Crippen molar-refractivity contribution >= 4 is 21.6 Å². The van der Waals surface area contributed by atoms with E-state index < -0.39 is 22.5 Å². The van der Waals surface area contributed by atoms with Crippen LogP contribution >= 0.6 is 0 Å². The van der Waals surface area contributed by atoms with E-state index in [4.69, 9.17) is 18.9 Å². The summed E-state index contributed by atoms with van der Waals surface area (Å²) in [4.78, 5) is 13.2. The number of methoxy groups -OCH3 is 2. The van der Waals surface area contributed by atoms with Gasteiger partial charge in [0.25, 0.3) is 10.0 Å². The first-order valence-corrected chi connectivity index (χ1v) is 13.6. The molecule has 0 fully saturated rings. The number of anilines is 1. The molecule has 0 heterocycles. The van der Waals surface area contributed by atoms with E-state index in [1.165, 1.54) is 32.4 Å². The van der Waals surface area contributed by atoms with Gasteiger partial charge in [0.2, 0.25) is 5.91 Å². The lowest BCUT2D eigenvalue weighted by molar-refractivity contribution is -0.119. The number of nitrogens with one attached hydrogen (secondary N) is 1. The summed E-state index contributed by atoms with van der Waals surface area (Å²) in [5.74, 6) is 1.39. The molecule has 9 nitrogen and oxygen atoms in total. The summed E-state index contributed by atoms with van der Waals surface area (Å²) >= 11 is 0. The summed E-state index contributed by atoms with van der Waals surface area (Å²) in [6, 6.07) is 16.6. The van der Waals surface area contributed by atoms with E-state index >= 15 is 0 Å². The van der Waals surface area contributed by atoms with E-state index in [9.17, 15) is 13.2 Å². The summed E-state index contributed by atoms with van der Waals surface area (Å²) in [7, 11) is -1.22. The van der Waals surface area contributed by atoms with Crippen LogP contribution in [0, 0.1) is 6.92 Å². The zero-order valence-electron chi connectivity index (χ0n) is 22.3. The Bertz CT molecular complexity index is 1340. The Morgan fingerprint density at radius 1 is 0.842 bits per heavy atom. The fraction of sp³-hybridized carbons (Fsp3) is 0.321. The number of aryl methyl sites for hydroxylation is 1. The number of benzene rings is 3. The number of amides is 1. The average Bonchev–Trinajstić information content (AvgIpc) is 2.91. The SMILES string of the molecule is CCOc1ccc(CNC(=O)CN(c2cc(OC)ccc2OC)S(=O)(=O)c2ccc(C)cc2)cc1OCC. The van der Waals surface area contributed by atoms with Crippen molar-refractivity contribution in [3.8, 4) is 23.0 Å². The van der Waals surface area contributed by atoms with Crippen molar-refractivity contribution in [3.05, 3.63) is 71.8 Å². The van der Waals surface area contributed by atoms with Crippen LogP contribution in [0.3, 0.4) is 0 Å². The van der Waals surface area contributed by atoms with Crippen LogP contribution in [0.4, 0.5) is 5.69 Å². The molecule has 1 N–H and O–H groups in total. The number of carbonyl (C=O) groups excluding carboxylic acids is 1. The number of nitrogens with zero attached hydrogens (tertiary/aromatic N) is 1. The van der Waals surface area contributed by atoms with Gasteiger partial charge in [-0.3, -0.25) is 9.10 Å². The Morgan fingerprint density at radius 3 is 2.13 bits per heavy atom. The van der Waals surface area contributed by atoms with E-state index in [1.807, 2.05) is 26.8 Å². The van der Waals surface area contributed by atoms with Gasteiger partial charge in [-0.05, 0) is 62.7 Å². The second kappa shape index (κ2) is 13.0. The minimum Gasteiger partial charge on any atom is -0.497 e. The molecule has 0 saturated carbocycles. The zero-order chi connectivity index (χ0) is 27.7. The molecule has 0 aliphatic heterocycles. The highest BCUT2D eigenvalue weighted by atomic mass is 32.2. The van der Waals surface area contributed by atoms with Gasteiger partial charge in [-0.1, -0.05) is 23.8 Å². The molecule has 38 heavy (non-hydrogen) atoms. The van der Waals surface area contributed by atoms with Gasteiger partial charge in [0.15, 0.2) is 11.5 Å². The van der Waals surface area contributed by atoms with Gasteiger partial charge in [-0.2, -0.15) is 0 Å². The summed E-state index contributed by atoms with van der Waals surface area (Å²) < 4.78 is 50.5. The lowest BCUT2D eigenvalue weighted by Gasteiger charge is -2.26. The topological polar surface area (TPSA) is 103 Å². The van der Waals surface area contributed by atoms with Crippen molar-refractivity contribution in [1.82, 2.24) is 5.32 Å². The van der Waals surface area contributed by atoms with Gasteiger partial charge in [-0.25, -0.2) is 8.42 Å². The first-order chi connectivity index (χ1) is 18.2. The standard InChI is InChI=1S/C28H34N2O7S/c1-6-36-26-14-10-21(16-27(26)37-7-2)18-29-28(31)19-30(24-17-22(34-4)11-15-25(24)35-5)38(32,33)23-12-8-20(3)9-13-23/h8-17H,6-7,18-19H2,1-5H3,(H,29,31). The molecule has 0 bridgehead atoms. The molecule has 204 valence electrons. The van der Waals surface area contributed by atoms with E-state index in [1.54, 1.807) is 36.4 Å². The smallest absolute Gasteiger partial charge is 0.264 e. The maximum Gasteiger partial charge on any atom is 0.264 e. The molecule has 0 unspecified atom stereocenters. The largest absolute Gasteiger partial charge is 0.497 e. The first-order valence-electron chi connectivity index (χ1n) is 12.2. The highest BCUT2D eigenvalue weighted by Gasteiger charge is 2.30. The molecule has 10 heteroatoms. The third-order valence-electron chi connectivity index (χ3n) is 5.65. The van der Waals surface area contributed by atoms with Crippen molar-refractivity contribution in [2.24, 2.45) is 0 Å². The van der Waals surface area contributed by atoms with E-state index in [-0.39, 0.29) is 22.9 Å². The zero-order valence-corrected chi connectivity index (χ0v) is 23.1. The number of ether oxygens (including phenoxy) is 4. The maximum atomic E-state index is 13.8. The number of rotatable bonds is 13. The van der Waals surface area contributed by atoms with Crippen LogP contribution in [0.15, 0.2) is 65.6 Å². The van der Waals surface area contributed by atoms with Crippen molar-refractivity contribution in [2.75, 3.05) is 38.3 Å². The highest BCUT2D eigenvalue weighted by Crippen LogP contribution is 2.35. The van der Waals surface area contributed by atoms with Crippen LogP contribution in [0.1, 0.15) is 25.0 Å². The summed E-state index contributed by atoms with van der Waals surface area (Å²) in [5, 5.41) is 2.81. The molecule has 0 aliphatic rings. The van der Waals surface area contributed by atoms with Gasteiger partial charge >= 0.3 is 0 Å². The van der Waals surface area contributed by atoms with Crippen LogP contribution in [0.5, 0.6) is 23.0 Å². The van der Waals surface area contributed by atoms with Gasteiger partial charge < -0.3 is 24.3 Å². The molecule has 3 aromatic rings. The predicted molar refractivity (Wildman–Crippen MR) is 146 cm³/mol. The van der Waals surface area contributed by atoms with Crippen LogP contribution in [0.2, 0.25) is 0 Å². The maximum absolute atomic E-state index is 13.8. The molecule has 0 saturated heterocycles. The Labute approximate surface area is 224 Å². The van der Waals surface area contributed by atoms with Crippen molar-refractivity contribution < 1.29 is 32.2 Å². The number of sulfonamides is 1. The minimum absolute atomic E-state index is 0.0497. The third kappa shape index (κ3) is 6.89. The quantitative estimate of drug-likeness (QED) is 0.343. The van der Waals surface area contributed by atoms with Gasteiger partial charge in [0.1, 0.15) is 18.0 Å². The summed E-state index contributed by atoms with van der Waals surface area (Å²) in [5.41, 5.74) is 1.87. The Morgan fingerprint density at radius 2 is 1.50 bits per heavy atom. The Hall–Kier alpha value is -3.92. The lowest BCUT2D eigenvalue weighted by Crippen LogP contribution is -2.40. The first kappa shape index (κ1) is 28.6. The van der Waals surface area contributed by atoms with Crippen molar-refractivity contribution in [2.45, 2.75) is 32.2 Å². The predicted octanol–water partition coefficient (Wildman–Crippen LogP) is 4.32. The van der Waals surface area contributed by atoms with Gasteiger partial charge in [0, 0.05) is 12.6 Å². The van der Waals surface area contributed by atoms with Crippen molar-refractivity contribution in [1.29, 1.82) is 0 Å². The van der Waals surface area contributed by atoms with E-state index in [0.29, 0.717) is 30.5 Å². The molecular weight excluding hydrogens is 508 g/mol. The Kier molecular flexibility index (Phi) is 9.84. The second-order valence-electron chi connectivity index (χ2n) is 8.29. The number of carbonyl (C=O) groups is 1. The summed E-state index contributed by atoms with van der Waals surface area (Å²) in [6.07, 6.45) is 0. The van der Waals surface area contributed by atoms with Crippen LogP contribution < -0.4 is 28.6 Å². The molecule has 3 aromatic carbocycles. The van der Waals surface area contributed by atoms with Crippen LogP contribution in [-0.2, 0) is 21.4 Å². The van der Waals surface area contributed by atoms with Crippen LogP contribution in [-0.4, -0.2) is 48.3 Å². The monoisotopic (exact) mass is 542 g/mol. The van der Waals surface area contributed by atoms with E-state index in [0.717, 1.165) is 15.4 Å². The van der Waals surface area contributed by atoms with Gasteiger partial charge in [0.05, 0.1) is 38.0 Å².